The second kappa shape index (κ2) is 9.39. The molecule has 0 aromatic heterocycles. The fourth-order valence-corrected chi connectivity index (χ4v) is 2.57. The molecule has 0 bridgehead atoms. The highest BCUT2D eigenvalue weighted by molar-refractivity contribution is 9.10. The van der Waals surface area contributed by atoms with Crippen molar-refractivity contribution in [3.63, 3.8) is 0 Å². The molecule has 0 radical (unpaired) electrons. The average molecular weight is 431 g/mol. The first-order valence-corrected chi connectivity index (χ1v) is 8.36. The highest BCUT2D eigenvalue weighted by Crippen LogP contribution is 2.27. The van der Waals surface area contributed by atoms with Crippen LogP contribution in [0.4, 0.5) is 4.39 Å². The summed E-state index contributed by atoms with van der Waals surface area (Å²) in [4.78, 5) is 23.2. The molecule has 5 nitrogen and oxygen atoms in total. The van der Waals surface area contributed by atoms with Crippen molar-refractivity contribution >= 4 is 39.4 Å². The summed E-state index contributed by atoms with van der Waals surface area (Å²) in [6.45, 7) is -0.554. The number of benzene rings is 2. The monoisotopic (exact) mass is 429 g/mol. The standard InChI is InChI=1S/C17H14BrClFNO4/c18-14-7-12(19)3-6-15(14)24-10-17(23)25-9-16(22)21-8-11-1-4-13(20)5-2-11/h1-7H,8-10H2,(H,21,22). The molecule has 0 atom stereocenters. The van der Waals surface area contributed by atoms with Gasteiger partial charge < -0.3 is 14.8 Å². The third-order valence-electron chi connectivity index (χ3n) is 3.01. The maximum Gasteiger partial charge on any atom is 0.344 e. The molecule has 0 fully saturated rings. The molecule has 0 saturated heterocycles. The Morgan fingerprint density at radius 1 is 1.12 bits per heavy atom. The summed E-state index contributed by atoms with van der Waals surface area (Å²) in [5, 5.41) is 3.09. The average Bonchev–Trinajstić information content (AvgIpc) is 2.58. The van der Waals surface area contributed by atoms with Crippen molar-refractivity contribution < 1.29 is 23.5 Å². The van der Waals surface area contributed by atoms with E-state index >= 15 is 0 Å². The van der Waals surface area contributed by atoms with Crippen molar-refractivity contribution in [1.29, 1.82) is 0 Å². The van der Waals surface area contributed by atoms with Crippen LogP contribution >= 0.6 is 27.5 Å². The Labute approximate surface area is 157 Å². The molecule has 2 aromatic carbocycles. The molecular weight excluding hydrogens is 417 g/mol. The number of rotatable bonds is 7. The van der Waals surface area contributed by atoms with Crippen molar-refractivity contribution in [1.82, 2.24) is 5.32 Å². The van der Waals surface area contributed by atoms with Gasteiger partial charge in [0, 0.05) is 11.6 Å². The third kappa shape index (κ3) is 6.72. The first-order chi connectivity index (χ1) is 11.9. The van der Waals surface area contributed by atoms with Gasteiger partial charge in [-0.25, -0.2) is 9.18 Å². The van der Waals surface area contributed by atoms with E-state index in [1.54, 1.807) is 30.3 Å². The lowest BCUT2D eigenvalue weighted by molar-refractivity contribution is -0.150. The van der Waals surface area contributed by atoms with Crippen LogP contribution in [-0.4, -0.2) is 25.1 Å². The van der Waals surface area contributed by atoms with E-state index in [4.69, 9.17) is 21.1 Å². The molecule has 8 heteroatoms. The number of hydrogen-bond acceptors (Lipinski definition) is 4. The number of esters is 1. The van der Waals surface area contributed by atoms with Crippen LogP contribution in [0.15, 0.2) is 46.9 Å². The lowest BCUT2D eigenvalue weighted by atomic mass is 10.2. The molecule has 0 aliphatic rings. The van der Waals surface area contributed by atoms with Crippen LogP contribution in [0.2, 0.25) is 5.02 Å². The highest BCUT2D eigenvalue weighted by Gasteiger charge is 2.10. The zero-order valence-corrected chi connectivity index (χ0v) is 15.3. The summed E-state index contributed by atoms with van der Waals surface area (Å²) < 4.78 is 23.5. The van der Waals surface area contributed by atoms with Crippen molar-refractivity contribution in [2.75, 3.05) is 13.2 Å². The van der Waals surface area contributed by atoms with E-state index in [0.717, 1.165) is 5.56 Å². The third-order valence-corrected chi connectivity index (χ3v) is 3.86. The number of halogens is 3. The van der Waals surface area contributed by atoms with Crippen molar-refractivity contribution in [3.05, 3.63) is 63.3 Å². The van der Waals surface area contributed by atoms with Gasteiger partial charge in [0.1, 0.15) is 11.6 Å². The van der Waals surface area contributed by atoms with E-state index < -0.39 is 18.5 Å². The smallest absolute Gasteiger partial charge is 0.344 e. The summed E-state index contributed by atoms with van der Waals surface area (Å²) in [6, 6.07) is 10.6. The lowest BCUT2D eigenvalue weighted by Gasteiger charge is -2.09. The van der Waals surface area contributed by atoms with Gasteiger partial charge in [0.2, 0.25) is 0 Å². The van der Waals surface area contributed by atoms with Gasteiger partial charge in [0.05, 0.1) is 4.47 Å². The highest BCUT2D eigenvalue weighted by atomic mass is 79.9. The van der Waals surface area contributed by atoms with Gasteiger partial charge >= 0.3 is 5.97 Å². The Balaban J connectivity index is 1.68. The molecule has 0 spiro atoms. The zero-order valence-electron chi connectivity index (χ0n) is 12.9. The molecule has 1 N–H and O–H groups in total. The Hall–Kier alpha value is -2.12. The Bertz CT molecular complexity index is 755. The maximum absolute atomic E-state index is 12.8. The fourth-order valence-electron chi connectivity index (χ4n) is 1.77. The molecule has 0 aliphatic heterocycles. The van der Waals surface area contributed by atoms with Gasteiger partial charge in [-0.3, -0.25) is 4.79 Å². The first-order valence-electron chi connectivity index (χ1n) is 7.18. The first kappa shape index (κ1) is 19.2. The van der Waals surface area contributed by atoms with Gasteiger partial charge in [-0.05, 0) is 51.8 Å². The largest absolute Gasteiger partial charge is 0.481 e. The van der Waals surface area contributed by atoms with E-state index in [1.807, 2.05) is 0 Å². The molecule has 1 amide bonds. The van der Waals surface area contributed by atoms with E-state index in [-0.39, 0.29) is 19.0 Å². The number of carbonyl (C=O) groups is 2. The molecule has 0 unspecified atom stereocenters. The van der Waals surface area contributed by atoms with Gasteiger partial charge in [0.15, 0.2) is 13.2 Å². The van der Waals surface area contributed by atoms with Crippen LogP contribution in [-0.2, 0) is 20.9 Å². The molecule has 0 aliphatic carbocycles. The summed E-state index contributed by atoms with van der Waals surface area (Å²) >= 11 is 9.06. The molecule has 0 heterocycles. The number of hydrogen-bond donors (Lipinski definition) is 1. The SMILES string of the molecule is O=C(COC(=O)COc1ccc(Cl)cc1Br)NCc1ccc(F)cc1. The summed E-state index contributed by atoms with van der Waals surface area (Å²) in [7, 11) is 0. The Kier molecular flexibility index (Phi) is 7.21. The van der Waals surface area contributed by atoms with Crippen LogP contribution in [0, 0.1) is 5.82 Å². The molecule has 25 heavy (non-hydrogen) atoms. The molecule has 0 saturated carbocycles. The number of nitrogens with one attached hydrogen (secondary N) is 1. The quantitative estimate of drug-likeness (QED) is 0.683. The van der Waals surface area contributed by atoms with Crippen molar-refractivity contribution in [2.24, 2.45) is 0 Å². The van der Waals surface area contributed by atoms with Crippen LogP contribution < -0.4 is 10.1 Å². The van der Waals surface area contributed by atoms with Gasteiger partial charge in [-0.1, -0.05) is 23.7 Å². The van der Waals surface area contributed by atoms with Crippen molar-refractivity contribution in [3.8, 4) is 5.75 Å². The Morgan fingerprint density at radius 3 is 2.52 bits per heavy atom. The lowest BCUT2D eigenvalue weighted by Crippen LogP contribution is -2.29. The van der Waals surface area contributed by atoms with Gasteiger partial charge in [-0.15, -0.1) is 0 Å². The maximum atomic E-state index is 12.8. The normalized spacial score (nSPS) is 10.2. The van der Waals surface area contributed by atoms with Crippen molar-refractivity contribution in [2.45, 2.75) is 6.54 Å². The topological polar surface area (TPSA) is 64.6 Å². The molecular formula is C17H14BrClFNO4. The number of amides is 1. The fraction of sp³-hybridized carbons (Fsp3) is 0.176. The second-order valence-corrected chi connectivity index (χ2v) is 6.22. The van der Waals surface area contributed by atoms with Gasteiger partial charge in [-0.2, -0.15) is 0 Å². The van der Waals surface area contributed by atoms with Crippen LogP contribution in [0.1, 0.15) is 5.56 Å². The number of ether oxygens (including phenoxy) is 2. The minimum Gasteiger partial charge on any atom is -0.481 e. The van der Waals surface area contributed by atoms with Crippen LogP contribution in [0.25, 0.3) is 0 Å². The van der Waals surface area contributed by atoms with Crippen LogP contribution in [0.5, 0.6) is 5.75 Å². The predicted molar refractivity (Wildman–Crippen MR) is 93.9 cm³/mol. The summed E-state index contributed by atoms with van der Waals surface area (Å²) in [5.74, 6) is -1.07. The van der Waals surface area contributed by atoms with E-state index in [1.165, 1.54) is 12.1 Å². The molecule has 2 aromatic rings. The second-order valence-electron chi connectivity index (χ2n) is 4.93. The summed E-state index contributed by atoms with van der Waals surface area (Å²) in [6.07, 6.45) is 0. The number of carbonyl (C=O) groups excluding carboxylic acids is 2. The van der Waals surface area contributed by atoms with Crippen LogP contribution in [0.3, 0.4) is 0 Å². The van der Waals surface area contributed by atoms with E-state index in [0.29, 0.717) is 15.2 Å². The molecule has 132 valence electrons. The van der Waals surface area contributed by atoms with E-state index in [9.17, 15) is 14.0 Å². The zero-order chi connectivity index (χ0) is 18.2. The van der Waals surface area contributed by atoms with Gasteiger partial charge in [0.25, 0.3) is 5.91 Å². The minimum atomic E-state index is -0.682. The summed E-state index contributed by atoms with van der Waals surface area (Å²) in [5.41, 5.74) is 0.733. The molecule has 2 rings (SSSR count). The van der Waals surface area contributed by atoms with E-state index in [2.05, 4.69) is 21.2 Å². The minimum absolute atomic E-state index is 0.213. The Morgan fingerprint density at radius 2 is 1.84 bits per heavy atom. The predicted octanol–water partition coefficient (Wildman–Crippen LogP) is 3.48.